The molecule has 0 amide bonds. The highest BCUT2D eigenvalue weighted by atomic mass is 16.5. The molecule has 170 valence electrons. The number of allylic oxidation sites excluding steroid dienone is 1. The third-order valence-corrected chi connectivity index (χ3v) is 5.66. The molecule has 0 N–H and O–H groups in total. The summed E-state index contributed by atoms with van der Waals surface area (Å²) >= 11 is 0. The fourth-order valence-corrected chi connectivity index (χ4v) is 4.04. The zero-order chi connectivity index (χ0) is 22.9. The maximum Gasteiger partial charge on any atom is 0.231 e. The van der Waals surface area contributed by atoms with Gasteiger partial charge in [-0.05, 0) is 36.4 Å². The van der Waals surface area contributed by atoms with E-state index in [-0.39, 0.29) is 11.5 Å². The second-order valence-electron chi connectivity index (χ2n) is 7.65. The van der Waals surface area contributed by atoms with Crippen LogP contribution in [0.2, 0.25) is 0 Å². The number of benzene rings is 2. The minimum Gasteiger partial charge on any atom is -0.496 e. The molecule has 0 spiro atoms. The first kappa shape index (κ1) is 21.0. The van der Waals surface area contributed by atoms with Crippen molar-refractivity contribution in [1.29, 1.82) is 0 Å². The summed E-state index contributed by atoms with van der Waals surface area (Å²) in [5, 5.41) is 0. The van der Waals surface area contributed by atoms with Crippen LogP contribution in [0.15, 0.2) is 52.8 Å². The maximum atomic E-state index is 13.1. The van der Waals surface area contributed by atoms with Gasteiger partial charge in [0.25, 0.3) is 0 Å². The molecule has 8 heteroatoms. The first-order chi connectivity index (χ1) is 16.1. The molecule has 0 bridgehead atoms. The van der Waals surface area contributed by atoms with Gasteiger partial charge in [0.05, 0.1) is 45.3 Å². The van der Waals surface area contributed by atoms with Crippen LogP contribution >= 0.6 is 0 Å². The summed E-state index contributed by atoms with van der Waals surface area (Å²) in [5.41, 5.74) is 1.97. The van der Waals surface area contributed by atoms with Gasteiger partial charge in [-0.3, -0.25) is 9.69 Å². The first-order valence-corrected chi connectivity index (χ1v) is 10.4. The summed E-state index contributed by atoms with van der Waals surface area (Å²) in [5.74, 6) is 3.65. The normalized spacial score (nSPS) is 16.1. The number of nitrogens with zero attached hydrogens (tertiary/aromatic N) is 1. The number of Topliss-reactive ketones (excluding diaryl/α,β-unsaturated/α-hetero) is 1. The Balaban J connectivity index is 1.47. The number of hydrogen-bond donors (Lipinski definition) is 0. The highest BCUT2D eigenvalue weighted by molar-refractivity contribution is 6.15. The molecule has 3 heterocycles. The maximum absolute atomic E-state index is 13.1. The molecule has 0 unspecified atom stereocenters. The average molecular weight is 449 g/mol. The second-order valence-corrected chi connectivity index (χ2v) is 7.65. The van der Waals surface area contributed by atoms with Crippen molar-refractivity contribution in [2.75, 3.05) is 28.1 Å². The fraction of sp³-hybridized carbons (Fsp3) is 0.240. The molecule has 0 saturated carbocycles. The zero-order valence-electron chi connectivity index (χ0n) is 18.5. The zero-order valence-corrected chi connectivity index (χ0v) is 18.5. The van der Waals surface area contributed by atoms with Crippen molar-refractivity contribution in [3.63, 3.8) is 0 Å². The predicted octanol–water partition coefficient (Wildman–Crippen LogP) is 4.27. The Kier molecular flexibility index (Phi) is 5.43. The Morgan fingerprint density at radius 1 is 1.03 bits per heavy atom. The molecule has 0 radical (unpaired) electrons. The van der Waals surface area contributed by atoms with Crippen LogP contribution in [0.4, 0.5) is 0 Å². The van der Waals surface area contributed by atoms with Crippen LogP contribution < -0.4 is 23.7 Å². The number of hydrogen-bond acceptors (Lipinski definition) is 8. The third-order valence-electron chi connectivity index (χ3n) is 5.66. The highest BCUT2D eigenvalue weighted by Gasteiger charge is 2.34. The molecule has 2 aliphatic rings. The second kappa shape index (κ2) is 8.55. The minimum atomic E-state index is -0.201. The van der Waals surface area contributed by atoms with Gasteiger partial charge in [-0.2, -0.15) is 0 Å². The largest absolute Gasteiger partial charge is 0.496 e. The van der Waals surface area contributed by atoms with Gasteiger partial charge < -0.3 is 28.1 Å². The summed E-state index contributed by atoms with van der Waals surface area (Å²) < 4.78 is 33.7. The van der Waals surface area contributed by atoms with E-state index >= 15 is 0 Å². The molecule has 2 aromatic carbocycles. The highest BCUT2D eigenvalue weighted by Crippen LogP contribution is 2.43. The van der Waals surface area contributed by atoms with Gasteiger partial charge in [0, 0.05) is 18.2 Å². The van der Waals surface area contributed by atoms with Crippen LogP contribution in [-0.4, -0.2) is 38.7 Å². The third kappa shape index (κ3) is 3.78. The van der Waals surface area contributed by atoms with Crippen molar-refractivity contribution < 1.29 is 32.9 Å². The molecule has 0 atom stereocenters. The van der Waals surface area contributed by atoms with Gasteiger partial charge in [0.2, 0.25) is 5.78 Å². The Labute approximate surface area is 190 Å². The topological polar surface area (TPSA) is 79.6 Å². The molecule has 0 saturated heterocycles. The number of carbonyl (C=O) groups is 1. The van der Waals surface area contributed by atoms with Gasteiger partial charge in [-0.1, -0.05) is 0 Å². The number of fused-ring (bicyclic) bond motifs is 3. The molecule has 0 aliphatic carbocycles. The number of methoxy groups -OCH3 is 3. The van der Waals surface area contributed by atoms with Crippen LogP contribution in [0, 0.1) is 0 Å². The Morgan fingerprint density at radius 2 is 1.82 bits per heavy atom. The molecular formula is C25H23NO7. The molecule has 1 aromatic heterocycles. The summed E-state index contributed by atoms with van der Waals surface area (Å²) in [7, 11) is 4.65. The lowest BCUT2D eigenvalue weighted by molar-refractivity contribution is 0.0810. The number of ketones is 1. The summed E-state index contributed by atoms with van der Waals surface area (Å²) in [6.45, 7) is 1.58. The lowest BCUT2D eigenvalue weighted by atomic mass is 10.0. The van der Waals surface area contributed by atoms with Crippen LogP contribution in [0.5, 0.6) is 28.7 Å². The predicted molar refractivity (Wildman–Crippen MR) is 119 cm³/mol. The van der Waals surface area contributed by atoms with E-state index in [1.54, 1.807) is 51.9 Å². The summed E-state index contributed by atoms with van der Waals surface area (Å²) in [4.78, 5) is 15.2. The van der Waals surface area contributed by atoms with E-state index < -0.39 is 0 Å². The van der Waals surface area contributed by atoms with E-state index in [4.69, 9.17) is 28.1 Å². The van der Waals surface area contributed by atoms with Gasteiger partial charge >= 0.3 is 0 Å². The van der Waals surface area contributed by atoms with Crippen molar-refractivity contribution in [1.82, 2.24) is 4.90 Å². The molecule has 33 heavy (non-hydrogen) atoms. The molecule has 2 aliphatic heterocycles. The minimum absolute atomic E-state index is 0.201. The smallest absolute Gasteiger partial charge is 0.231 e. The van der Waals surface area contributed by atoms with Crippen molar-refractivity contribution in [3.05, 3.63) is 70.9 Å². The van der Waals surface area contributed by atoms with Crippen molar-refractivity contribution in [2.24, 2.45) is 0 Å². The molecule has 8 nitrogen and oxygen atoms in total. The Morgan fingerprint density at radius 3 is 2.55 bits per heavy atom. The lowest BCUT2D eigenvalue weighted by Crippen LogP contribution is -2.31. The summed E-state index contributed by atoms with van der Waals surface area (Å²) in [6.07, 6.45) is 3.30. The van der Waals surface area contributed by atoms with Crippen molar-refractivity contribution in [2.45, 2.75) is 13.1 Å². The Hall–Kier alpha value is -3.91. The number of furan rings is 1. The summed E-state index contributed by atoms with van der Waals surface area (Å²) in [6, 6.07) is 10.8. The van der Waals surface area contributed by atoms with Gasteiger partial charge in [-0.25, -0.2) is 0 Å². The van der Waals surface area contributed by atoms with E-state index in [1.807, 2.05) is 18.2 Å². The van der Waals surface area contributed by atoms with Gasteiger partial charge in [0.15, 0.2) is 17.3 Å². The number of rotatable bonds is 6. The van der Waals surface area contributed by atoms with Crippen LogP contribution in [0.1, 0.15) is 27.2 Å². The first-order valence-electron chi connectivity index (χ1n) is 10.4. The molecule has 3 aromatic rings. The van der Waals surface area contributed by atoms with Crippen LogP contribution in [-0.2, 0) is 13.1 Å². The van der Waals surface area contributed by atoms with E-state index in [0.717, 1.165) is 11.3 Å². The van der Waals surface area contributed by atoms with Gasteiger partial charge in [-0.15, -0.1) is 0 Å². The van der Waals surface area contributed by atoms with E-state index in [2.05, 4.69) is 4.90 Å². The van der Waals surface area contributed by atoms with E-state index in [9.17, 15) is 4.79 Å². The average Bonchev–Trinajstić information content (AvgIpc) is 3.46. The number of ether oxygens (including phenoxy) is 5. The van der Waals surface area contributed by atoms with Crippen LogP contribution in [0.25, 0.3) is 6.08 Å². The quantitative estimate of drug-likeness (QED) is 0.516. The molecule has 0 fully saturated rings. The lowest BCUT2D eigenvalue weighted by Gasteiger charge is -2.29. The molecular weight excluding hydrogens is 426 g/mol. The van der Waals surface area contributed by atoms with E-state index in [0.29, 0.717) is 59.7 Å². The van der Waals surface area contributed by atoms with E-state index in [1.165, 1.54) is 0 Å². The standard InChI is InChI=1S/C25H23NO7/c1-28-20-11-22(30-3)21(29-2)9-15(20)10-23-24(27)17-6-7-19-18(25(17)33-23)13-26(14-32-19)12-16-5-4-8-31-16/h4-11H,12-14H2,1-3H3. The van der Waals surface area contributed by atoms with Gasteiger partial charge in [0.1, 0.15) is 29.7 Å². The Bertz CT molecular complexity index is 1230. The molecule has 5 rings (SSSR count). The van der Waals surface area contributed by atoms with Crippen molar-refractivity contribution in [3.8, 4) is 28.7 Å². The van der Waals surface area contributed by atoms with Crippen LogP contribution in [0.3, 0.4) is 0 Å². The number of carbonyl (C=O) groups excluding carboxylic acids is 1. The van der Waals surface area contributed by atoms with Crippen molar-refractivity contribution >= 4 is 11.9 Å². The monoisotopic (exact) mass is 449 g/mol. The fourth-order valence-electron chi connectivity index (χ4n) is 4.04. The SMILES string of the molecule is COc1cc(OC)c(OC)cc1C=C1Oc2c(ccc3c2CN(Cc2ccco2)CO3)C1=O.